The second kappa shape index (κ2) is 8.30. The van der Waals surface area contributed by atoms with Gasteiger partial charge in [0.25, 0.3) is 0 Å². The normalized spacial score (nSPS) is 13.2. The minimum atomic E-state index is -0.0186. The van der Waals surface area contributed by atoms with Crippen molar-refractivity contribution >= 4 is 5.96 Å². The van der Waals surface area contributed by atoms with Crippen molar-refractivity contribution in [2.45, 2.75) is 26.9 Å². The molecule has 0 bridgehead atoms. The summed E-state index contributed by atoms with van der Waals surface area (Å²) >= 11 is 0. The maximum atomic E-state index is 5.78. The third-order valence-corrected chi connectivity index (χ3v) is 2.58. The molecule has 20 heavy (non-hydrogen) atoms. The van der Waals surface area contributed by atoms with E-state index >= 15 is 0 Å². The van der Waals surface area contributed by atoms with Crippen molar-refractivity contribution in [3.63, 3.8) is 0 Å². The Hall–Kier alpha value is -1.91. The summed E-state index contributed by atoms with van der Waals surface area (Å²) in [5.74, 6) is 2.51. The molecule has 0 saturated carbocycles. The molecule has 0 aromatic heterocycles. The van der Waals surface area contributed by atoms with Crippen molar-refractivity contribution in [2.75, 3.05) is 20.2 Å². The molecule has 0 radical (unpaired) electrons. The predicted octanol–water partition coefficient (Wildman–Crippen LogP) is 2.02. The molecule has 1 atom stereocenters. The topological polar surface area (TPSA) is 68.9 Å². The average Bonchev–Trinajstić information content (AvgIpc) is 2.43. The molecule has 1 aromatic carbocycles. The van der Waals surface area contributed by atoms with Crippen molar-refractivity contribution < 1.29 is 9.47 Å². The standard InChI is InChI=1S/C15H25N3O2/c1-11(2)9-17-15(16)18-10-12(3)20-14-7-5-6-13(8-14)19-4/h5-8,11-12H,9-10H2,1-4H3,(H3,16,17,18). The molecular formula is C15H25N3O2. The fourth-order valence-electron chi connectivity index (χ4n) is 1.53. The van der Waals surface area contributed by atoms with E-state index < -0.39 is 0 Å². The van der Waals surface area contributed by atoms with Gasteiger partial charge < -0.3 is 20.5 Å². The number of ether oxygens (including phenoxy) is 2. The van der Waals surface area contributed by atoms with Crippen molar-refractivity contribution in [3.8, 4) is 11.5 Å². The van der Waals surface area contributed by atoms with Gasteiger partial charge in [-0.1, -0.05) is 19.9 Å². The molecule has 0 spiro atoms. The van der Waals surface area contributed by atoms with Gasteiger partial charge in [-0.05, 0) is 25.0 Å². The summed E-state index contributed by atoms with van der Waals surface area (Å²) in [6.07, 6.45) is -0.0186. The number of aliphatic imine (C=N–C) groups is 1. The van der Waals surface area contributed by atoms with Crippen molar-refractivity contribution in [1.82, 2.24) is 5.32 Å². The fraction of sp³-hybridized carbons (Fsp3) is 0.533. The predicted molar refractivity (Wildman–Crippen MR) is 82.4 cm³/mol. The third-order valence-electron chi connectivity index (χ3n) is 2.58. The molecule has 112 valence electrons. The Morgan fingerprint density at radius 2 is 2.00 bits per heavy atom. The lowest BCUT2D eigenvalue weighted by molar-refractivity contribution is 0.223. The van der Waals surface area contributed by atoms with E-state index in [0.29, 0.717) is 18.4 Å². The summed E-state index contributed by atoms with van der Waals surface area (Å²) in [5.41, 5.74) is 5.77. The number of nitrogens with one attached hydrogen (secondary N) is 1. The molecule has 0 aliphatic heterocycles. The first-order valence-electron chi connectivity index (χ1n) is 6.85. The third kappa shape index (κ3) is 6.31. The first-order chi connectivity index (χ1) is 9.51. The number of nitrogens with zero attached hydrogens (tertiary/aromatic N) is 1. The van der Waals surface area contributed by atoms with E-state index in [4.69, 9.17) is 15.2 Å². The highest BCUT2D eigenvalue weighted by atomic mass is 16.5. The maximum absolute atomic E-state index is 5.78. The monoisotopic (exact) mass is 279 g/mol. The molecule has 1 unspecified atom stereocenters. The maximum Gasteiger partial charge on any atom is 0.188 e. The molecule has 0 heterocycles. The summed E-state index contributed by atoms with van der Waals surface area (Å²) in [5, 5.41) is 3.06. The van der Waals surface area contributed by atoms with Gasteiger partial charge in [0.2, 0.25) is 0 Å². The molecule has 5 heteroatoms. The molecule has 1 aromatic rings. The molecule has 5 nitrogen and oxygen atoms in total. The Kier molecular flexibility index (Phi) is 6.70. The lowest BCUT2D eigenvalue weighted by Crippen LogP contribution is -2.38. The number of methoxy groups -OCH3 is 1. The molecule has 0 amide bonds. The van der Waals surface area contributed by atoms with Gasteiger partial charge >= 0.3 is 0 Å². The summed E-state index contributed by atoms with van der Waals surface area (Å²) in [4.78, 5) is 4.24. The number of rotatable bonds is 7. The van der Waals surface area contributed by atoms with E-state index in [1.165, 1.54) is 0 Å². The highest BCUT2D eigenvalue weighted by Crippen LogP contribution is 2.19. The van der Waals surface area contributed by atoms with Gasteiger partial charge in [-0.15, -0.1) is 0 Å². The molecule has 0 aliphatic rings. The SMILES string of the molecule is COc1cccc(OC(C)CNC(N)=NCC(C)C)c1. The Morgan fingerprint density at radius 3 is 2.65 bits per heavy atom. The Labute approximate surface area is 121 Å². The second-order valence-corrected chi connectivity index (χ2v) is 5.11. The summed E-state index contributed by atoms with van der Waals surface area (Å²) in [6.45, 7) is 7.51. The zero-order valence-corrected chi connectivity index (χ0v) is 12.7. The van der Waals surface area contributed by atoms with E-state index in [-0.39, 0.29) is 6.10 Å². The quantitative estimate of drug-likeness (QED) is 0.592. The number of nitrogens with two attached hydrogens (primary N) is 1. The molecule has 1 rings (SSSR count). The zero-order valence-electron chi connectivity index (χ0n) is 12.7. The van der Waals surface area contributed by atoms with Gasteiger partial charge in [-0.3, -0.25) is 4.99 Å². The van der Waals surface area contributed by atoms with Crippen LogP contribution in [0.15, 0.2) is 29.3 Å². The van der Waals surface area contributed by atoms with E-state index in [0.717, 1.165) is 18.0 Å². The van der Waals surface area contributed by atoms with Gasteiger partial charge in [-0.25, -0.2) is 0 Å². The minimum Gasteiger partial charge on any atom is -0.497 e. The van der Waals surface area contributed by atoms with Crippen LogP contribution in [0.2, 0.25) is 0 Å². The lowest BCUT2D eigenvalue weighted by Gasteiger charge is -2.16. The first kappa shape index (κ1) is 16.1. The van der Waals surface area contributed by atoms with Crippen LogP contribution in [0.3, 0.4) is 0 Å². The van der Waals surface area contributed by atoms with Crippen LogP contribution in [0, 0.1) is 5.92 Å². The molecule has 0 fully saturated rings. The van der Waals surface area contributed by atoms with Gasteiger partial charge in [0.1, 0.15) is 17.6 Å². The van der Waals surface area contributed by atoms with Gasteiger partial charge in [0, 0.05) is 12.6 Å². The van der Waals surface area contributed by atoms with Crippen LogP contribution >= 0.6 is 0 Å². The smallest absolute Gasteiger partial charge is 0.188 e. The first-order valence-corrected chi connectivity index (χ1v) is 6.85. The largest absolute Gasteiger partial charge is 0.497 e. The van der Waals surface area contributed by atoms with E-state index in [9.17, 15) is 0 Å². The molecule has 0 saturated heterocycles. The van der Waals surface area contributed by atoms with E-state index in [1.54, 1.807) is 7.11 Å². The number of hydrogen-bond acceptors (Lipinski definition) is 3. The fourth-order valence-corrected chi connectivity index (χ4v) is 1.53. The summed E-state index contributed by atoms with van der Waals surface area (Å²) < 4.78 is 10.9. The van der Waals surface area contributed by atoms with Gasteiger partial charge in [-0.2, -0.15) is 0 Å². The van der Waals surface area contributed by atoms with Crippen LogP contribution in [0.5, 0.6) is 11.5 Å². The van der Waals surface area contributed by atoms with Crippen LogP contribution in [0.1, 0.15) is 20.8 Å². The van der Waals surface area contributed by atoms with Crippen molar-refractivity contribution in [2.24, 2.45) is 16.6 Å². The second-order valence-electron chi connectivity index (χ2n) is 5.11. The van der Waals surface area contributed by atoms with Gasteiger partial charge in [0.15, 0.2) is 5.96 Å². The lowest BCUT2D eigenvalue weighted by atomic mass is 10.2. The molecular weight excluding hydrogens is 254 g/mol. The highest BCUT2D eigenvalue weighted by Gasteiger charge is 2.05. The van der Waals surface area contributed by atoms with Crippen molar-refractivity contribution in [1.29, 1.82) is 0 Å². The average molecular weight is 279 g/mol. The number of benzene rings is 1. The number of guanidine groups is 1. The Morgan fingerprint density at radius 1 is 1.30 bits per heavy atom. The van der Waals surface area contributed by atoms with Crippen LogP contribution in [0.25, 0.3) is 0 Å². The van der Waals surface area contributed by atoms with E-state index in [2.05, 4.69) is 24.2 Å². The highest BCUT2D eigenvalue weighted by molar-refractivity contribution is 5.77. The van der Waals surface area contributed by atoms with Crippen molar-refractivity contribution in [3.05, 3.63) is 24.3 Å². The van der Waals surface area contributed by atoms with Crippen LogP contribution in [0.4, 0.5) is 0 Å². The summed E-state index contributed by atoms with van der Waals surface area (Å²) in [7, 11) is 1.63. The summed E-state index contributed by atoms with van der Waals surface area (Å²) in [6, 6.07) is 7.53. The molecule has 3 N–H and O–H groups in total. The minimum absolute atomic E-state index is 0.0186. The zero-order chi connectivity index (χ0) is 15.0. The van der Waals surface area contributed by atoms with Crippen LogP contribution in [-0.4, -0.2) is 32.3 Å². The van der Waals surface area contributed by atoms with Crippen LogP contribution < -0.4 is 20.5 Å². The van der Waals surface area contributed by atoms with Crippen LogP contribution in [-0.2, 0) is 0 Å². The van der Waals surface area contributed by atoms with E-state index in [1.807, 2.05) is 31.2 Å². The Bertz CT molecular complexity index is 433. The Balaban J connectivity index is 2.39. The molecule has 0 aliphatic carbocycles. The van der Waals surface area contributed by atoms with Gasteiger partial charge in [0.05, 0.1) is 13.7 Å². The number of hydrogen-bond donors (Lipinski definition) is 2.